The topological polar surface area (TPSA) is 40.6 Å². The third kappa shape index (κ3) is 2.49. The quantitative estimate of drug-likeness (QED) is 0.781. The SMILES string of the molecule is CCc1cc(B2OC(C)(C)C(C)(C)O2)cnc1OC. The minimum atomic E-state index is -0.367. The van der Waals surface area contributed by atoms with Crippen molar-refractivity contribution in [3.05, 3.63) is 17.8 Å². The van der Waals surface area contributed by atoms with Gasteiger partial charge < -0.3 is 14.0 Å². The van der Waals surface area contributed by atoms with Crippen LogP contribution in [0.5, 0.6) is 5.88 Å². The van der Waals surface area contributed by atoms with Crippen molar-refractivity contribution in [1.82, 2.24) is 4.98 Å². The van der Waals surface area contributed by atoms with Gasteiger partial charge in [-0.15, -0.1) is 0 Å². The summed E-state index contributed by atoms with van der Waals surface area (Å²) in [5.41, 5.74) is 1.35. The highest BCUT2D eigenvalue weighted by molar-refractivity contribution is 6.62. The van der Waals surface area contributed by atoms with Crippen molar-refractivity contribution in [2.45, 2.75) is 52.2 Å². The highest BCUT2D eigenvalue weighted by Crippen LogP contribution is 2.36. The predicted octanol–water partition coefficient (Wildman–Crippen LogP) is 1.95. The monoisotopic (exact) mass is 263 g/mol. The summed E-state index contributed by atoms with van der Waals surface area (Å²) in [5, 5.41) is 0. The molecule has 104 valence electrons. The second kappa shape index (κ2) is 4.80. The first-order valence-corrected chi connectivity index (χ1v) is 6.69. The van der Waals surface area contributed by atoms with Gasteiger partial charge in [0.25, 0.3) is 0 Å². The van der Waals surface area contributed by atoms with Crippen LogP contribution in [-0.2, 0) is 15.7 Å². The van der Waals surface area contributed by atoms with E-state index in [1.807, 2.05) is 33.8 Å². The number of nitrogens with zero attached hydrogens (tertiary/aromatic N) is 1. The van der Waals surface area contributed by atoms with E-state index < -0.39 is 0 Å². The Morgan fingerprint density at radius 1 is 1.21 bits per heavy atom. The number of aromatic nitrogens is 1. The van der Waals surface area contributed by atoms with E-state index in [0.29, 0.717) is 5.88 Å². The van der Waals surface area contributed by atoms with Crippen molar-refractivity contribution in [3.8, 4) is 5.88 Å². The second-order valence-corrected chi connectivity index (χ2v) is 5.88. The van der Waals surface area contributed by atoms with Crippen LogP contribution in [0.2, 0.25) is 0 Å². The Bertz CT molecular complexity index is 458. The molecule has 0 N–H and O–H groups in total. The molecule has 1 aliphatic rings. The van der Waals surface area contributed by atoms with Crippen molar-refractivity contribution in [3.63, 3.8) is 0 Å². The van der Waals surface area contributed by atoms with Crippen LogP contribution in [0.4, 0.5) is 0 Å². The summed E-state index contributed by atoms with van der Waals surface area (Å²) < 4.78 is 17.3. The largest absolute Gasteiger partial charge is 0.496 e. The van der Waals surface area contributed by atoms with Gasteiger partial charge in [0.1, 0.15) is 0 Å². The third-order valence-corrected chi connectivity index (χ3v) is 4.05. The van der Waals surface area contributed by atoms with Gasteiger partial charge in [0, 0.05) is 17.2 Å². The normalized spacial score (nSPS) is 20.6. The minimum Gasteiger partial charge on any atom is -0.481 e. The van der Waals surface area contributed by atoms with Crippen molar-refractivity contribution >= 4 is 12.6 Å². The Morgan fingerprint density at radius 3 is 2.26 bits per heavy atom. The van der Waals surface area contributed by atoms with Crippen LogP contribution in [0.3, 0.4) is 0 Å². The maximum absolute atomic E-state index is 6.02. The van der Waals surface area contributed by atoms with E-state index >= 15 is 0 Å². The molecule has 2 heterocycles. The van der Waals surface area contributed by atoms with Crippen LogP contribution < -0.4 is 10.2 Å². The van der Waals surface area contributed by atoms with Crippen LogP contribution in [0.15, 0.2) is 12.3 Å². The molecule has 2 rings (SSSR count). The zero-order valence-corrected chi connectivity index (χ0v) is 12.6. The van der Waals surface area contributed by atoms with Crippen molar-refractivity contribution in [2.75, 3.05) is 7.11 Å². The molecular formula is C14H22BNO3. The summed E-state index contributed by atoms with van der Waals surface area (Å²) >= 11 is 0. The lowest BCUT2D eigenvalue weighted by molar-refractivity contribution is 0.00578. The molecule has 0 aromatic carbocycles. The molecule has 0 bridgehead atoms. The van der Waals surface area contributed by atoms with Gasteiger partial charge in [0.2, 0.25) is 5.88 Å². The summed E-state index contributed by atoms with van der Waals surface area (Å²) in [6.45, 7) is 10.3. The molecule has 0 amide bonds. The molecular weight excluding hydrogens is 241 g/mol. The highest BCUT2D eigenvalue weighted by Gasteiger charge is 2.51. The summed E-state index contributed by atoms with van der Waals surface area (Å²) in [5.74, 6) is 0.669. The molecule has 1 saturated heterocycles. The number of ether oxygens (including phenoxy) is 1. The molecule has 0 atom stereocenters. The first kappa shape index (κ1) is 14.3. The maximum Gasteiger partial charge on any atom is 0.496 e. The molecule has 0 aliphatic carbocycles. The van der Waals surface area contributed by atoms with E-state index in [4.69, 9.17) is 14.0 Å². The van der Waals surface area contributed by atoms with Gasteiger partial charge in [0.05, 0.1) is 18.3 Å². The molecule has 1 aromatic heterocycles. The lowest BCUT2D eigenvalue weighted by atomic mass is 9.79. The Kier molecular flexibility index (Phi) is 3.62. The molecule has 1 fully saturated rings. The molecule has 1 aliphatic heterocycles. The lowest BCUT2D eigenvalue weighted by Crippen LogP contribution is -2.41. The Morgan fingerprint density at radius 2 is 1.79 bits per heavy atom. The van der Waals surface area contributed by atoms with Gasteiger partial charge in [-0.05, 0) is 34.1 Å². The van der Waals surface area contributed by atoms with Crippen LogP contribution in [0.1, 0.15) is 40.2 Å². The zero-order chi connectivity index (χ0) is 14.3. The second-order valence-electron chi connectivity index (χ2n) is 5.88. The minimum absolute atomic E-state index is 0.329. The fraction of sp³-hybridized carbons (Fsp3) is 0.643. The fourth-order valence-electron chi connectivity index (χ4n) is 2.06. The van der Waals surface area contributed by atoms with Crippen LogP contribution in [0, 0.1) is 0 Å². The molecule has 0 saturated carbocycles. The van der Waals surface area contributed by atoms with E-state index in [1.54, 1.807) is 13.3 Å². The average molecular weight is 263 g/mol. The summed E-state index contributed by atoms with van der Waals surface area (Å²) in [6, 6.07) is 2.05. The number of pyridine rings is 1. The van der Waals surface area contributed by atoms with Crippen LogP contribution >= 0.6 is 0 Å². The van der Waals surface area contributed by atoms with Gasteiger partial charge >= 0.3 is 7.12 Å². The lowest BCUT2D eigenvalue weighted by Gasteiger charge is -2.32. The highest BCUT2D eigenvalue weighted by atomic mass is 16.7. The number of methoxy groups -OCH3 is 1. The Labute approximate surface area is 115 Å². The van der Waals surface area contributed by atoms with Crippen LogP contribution in [0.25, 0.3) is 0 Å². The van der Waals surface area contributed by atoms with Crippen LogP contribution in [-0.4, -0.2) is 30.4 Å². The molecule has 0 unspecified atom stereocenters. The van der Waals surface area contributed by atoms with Crippen molar-refractivity contribution < 1.29 is 14.0 Å². The molecule has 4 nitrogen and oxygen atoms in total. The molecule has 5 heteroatoms. The van der Waals surface area contributed by atoms with E-state index in [1.165, 1.54) is 0 Å². The van der Waals surface area contributed by atoms with Gasteiger partial charge in [-0.2, -0.15) is 0 Å². The number of aryl methyl sites for hydroxylation is 1. The number of hydrogen-bond donors (Lipinski definition) is 0. The van der Waals surface area contributed by atoms with E-state index in [9.17, 15) is 0 Å². The maximum atomic E-state index is 6.02. The molecule has 0 spiro atoms. The first-order chi connectivity index (χ1) is 8.80. The Hall–Kier alpha value is -1.07. The van der Waals surface area contributed by atoms with Gasteiger partial charge in [-0.3, -0.25) is 0 Å². The summed E-state index contributed by atoms with van der Waals surface area (Å²) in [7, 11) is 1.27. The Balaban J connectivity index is 2.30. The molecule has 0 radical (unpaired) electrons. The first-order valence-electron chi connectivity index (χ1n) is 6.69. The van der Waals surface area contributed by atoms with Gasteiger partial charge in [-0.25, -0.2) is 4.98 Å². The fourth-order valence-corrected chi connectivity index (χ4v) is 2.06. The van der Waals surface area contributed by atoms with Gasteiger partial charge in [0.15, 0.2) is 0 Å². The number of hydrogen-bond acceptors (Lipinski definition) is 4. The number of rotatable bonds is 3. The van der Waals surface area contributed by atoms with Gasteiger partial charge in [-0.1, -0.05) is 13.0 Å². The summed E-state index contributed by atoms with van der Waals surface area (Å²) in [4.78, 5) is 4.33. The molecule has 19 heavy (non-hydrogen) atoms. The van der Waals surface area contributed by atoms with Crippen molar-refractivity contribution in [2.24, 2.45) is 0 Å². The predicted molar refractivity (Wildman–Crippen MR) is 75.9 cm³/mol. The summed E-state index contributed by atoms with van der Waals surface area (Å²) in [6.07, 6.45) is 2.63. The van der Waals surface area contributed by atoms with E-state index in [-0.39, 0.29) is 18.3 Å². The standard InChI is InChI=1S/C14H22BNO3/c1-7-10-8-11(9-16-12(10)17-6)15-18-13(2,3)14(4,5)19-15/h8-9H,7H2,1-6H3. The smallest absolute Gasteiger partial charge is 0.481 e. The van der Waals surface area contributed by atoms with Crippen molar-refractivity contribution in [1.29, 1.82) is 0 Å². The van der Waals surface area contributed by atoms with E-state index in [0.717, 1.165) is 17.4 Å². The molecule has 1 aromatic rings. The third-order valence-electron chi connectivity index (χ3n) is 4.05. The average Bonchev–Trinajstić information content (AvgIpc) is 2.57. The van der Waals surface area contributed by atoms with E-state index in [2.05, 4.69) is 11.9 Å². The zero-order valence-electron chi connectivity index (χ0n) is 12.6.